The van der Waals surface area contributed by atoms with Gasteiger partial charge in [0.05, 0.1) is 29.1 Å². The number of nitrogens with zero attached hydrogens (tertiary/aromatic N) is 4. The third-order valence-corrected chi connectivity index (χ3v) is 9.94. The highest BCUT2D eigenvalue weighted by Crippen LogP contribution is 2.42. The lowest BCUT2D eigenvalue weighted by Crippen LogP contribution is -2.43. The predicted molar refractivity (Wildman–Crippen MR) is 184 cm³/mol. The number of nitrogens with one attached hydrogen (secondary N) is 2. The molecule has 0 aliphatic carbocycles. The maximum atomic E-state index is 14.9. The van der Waals surface area contributed by atoms with Crippen LogP contribution in [0.15, 0.2) is 51.9 Å². The predicted octanol–water partition coefficient (Wildman–Crippen LogP) is 5.99. The van der Waals surface area contributed by atoms with E-state index in [1.165, 1.54) is 24.3 Å². The Balaban J connectivity index is 1.28. The van der Waals surface area contributed by atoms with Crippen LogP contribution in [0.5, 0.6) is 17.5 Å². The Labute approximate surface area is 284 Å². The fourth-order valence-corrected chi connectivity index (χ4v) is 7.65. The average Bonchev–Trinajstić information content (AvgIpc) is 3.79. The third kappa shape index (κ3) is 5.06. The number of phenolic OH excluding ortho intramolecular Hbond substituents is 1. The minimum Gasteiger partial charge on any atom is -0.508 e. The fraction of sp³-hybridized carbons (Fsp3) is 0.297. The number of pyridine rings is 1. The second kappa shape index (κ2) is 12.0. The van der Waals surface area contributed by atoms with Crippen molar-refractivity contribution < 1.29 is 27.8 Å². The van der Waals surface area contributed by atoms with Gasteiger partial charge in [-0.25, -0.2) is 18.6 Å². The summed E-state index contributed by atoms with van der Waals surface area (Å²) in [4.78, 5) is 32.9. The minimum absolute atomic E-state index is 0.0162. The van der Waals surface area contributed by atoms with Crippen LogP contribution in [0, 0.1) is 25.1 Å². The number of aryl methyl sites for hydroxylation is 1. The van der Waals surface area contributed by atoms with E-state index in [2.05, 4.69) is 31.1 Å². The number of rotatable bonds is 8. The number of aromatic nitrogens is 4. The standard InChI is InChI=1S/C37H32F2N6O5/c1-4-24-26(39)7-6-20-12-23(46)13-25(28(20)24)32-19(2)31-30(35(47)50-32)34(42-16-21-15-41-33-29(21)27(48-3)8-10-40-33)44-36(43-31)49-18-37-9-5-11-45(37)17-22(38)14-37/h1,6-8,10,12-13,15,22,46H,5,9,11,14,16-18H2,2-3H3,(H,40,41)(H,42,43,44)/t22-,37+/m1/s1. The maximum absolute atomic E-state index is 14.9. The number of fused-ring (bicyclic) bond motifs is 4. The number of hydrogen-bond acceptors (Lipinski definition) is 10. The largest absolute Gasteiger partial charge is 0.508 e. The Morgan fingerprint density at radius 1 is 1.24 bits per heavy atom. The van der Waals surface area contributed by atoms with Gasteiger partial charge in [-0.3, -0.25) is 4.90 Å². The summed E-state index contributed by atoms with van der Waals surface area (Å²) in [6, 6.07) is 7.28. The van der Waals surface area contributed by atoms with Crippen molar-refractivity contribution in [3.63, 3.8) is 0 Å². The van der Waals surface area contributed by atoms with E-state index in [0.29, 0.717) is 40.7 Å². The summed E-state index contributed by atoms with van der Waals surface area (Å²) in [6.45, 7) is 3.22. The van der Waals surface area contributed by atoms with Gasteiger partial charge in [-0.1, -0.05) is 12.0 Å². The van der Waals surface area contributed by atoms with Crippen molar-refractivity contribution in [1.82, 2.24) is 24.8 Å². The summed E-state index contributed by atoms with van der Waals surface area (Å²) in [5.41, 5.74) is 0.975. The molecule has 2 saturated heterocycles. The first kappa shape index (κ1) is 31.5. The zero-order valence-corrected chi connectivity index (χ0v) is 27.3. The molecule has 0 amide bonds. The number of halogens is 2. The van der Waals surface area contributed by atoms with E-state index >= 15 is 0 Å². The number of alkyl halides is 1. The highest BCUT2D eigenvalue weighted by atomic mass is 19.1. The molecule has 4 aromatic heterocycles. The normalized spacial score (nSPS) is 18.9. The van der Waals surface area contributed by atoms with E-state index in [-0.39, 0.29) is 58.5 Å². The van der Waals surface area contributed by atoms with E-state index < -0.39 is 23.2 Å². The van der Waals surface area contributed by atoms with Gasteiger partial charge in [0.1, 0.15) is 52.7 Å². The molecule has 2 aromatic carbocycles. The van der Waals surface area contributed by atoms with Crippen LogP contribution in [0.2, 0.25) is 0 Å². The topological polar surface area (TPSA) is 139 Å². The molecule has 2 fully saturated rings. The molecular weight excluding hydrogens is 646 g/mol. The van der Waals surface area contributed by atoms with Crippen molar-refractivity contribution in [2.45, 2.75) is 44.4 Å². The van der Waals surface area contributed by atoms with Crippen LogP contribution in [-0.4, -0.2) is 68.5 Å². The second-order valence-corrected chi connectivity index (χ2v) is 12.8. The number of methoxy groups -OCH3 is 1. The zero-order valence-electron chi connectivity index (χ0n) is 27.3. The van der Waals surface area contributed by atoms with Crippen LogP contribution >= 0.6 is 0 Å². The van der Waals surface area contributed by atoms with Crippen LogP contribution in [0.25, 0.3) is 44.0 Å². The van der Waals surface area contributed by atoms with Crippen LogP contribution in [0.4, 0.5) is 14.6 Å². The minimum atomic E-state index is -0.944. The number of H-pyrrole nitrogens is 1. The summed E-state index contributed by atoms with van der Waals surface area (Å²) >= 11 is 0. The third-order valence-electron chi connectivity index (χ3n) is 9.94. The van der Waals surface area contributed by atoms with Gasteiger partial charge in [0.25, 0.3) is 0 Å². The van der Waals surface area contributed by atoms with Gasteiger partial charge >= 0.3 is 11.6 Å². The molecule has 6 heterocycles. The molecule has 0 radical (unpaired) electrons. The summed E-state index contributed by atoms with van der Waals surface area (Å²) in [7, 11) is 1.57. The molecule has 50 heavy (non-hydrogen) atoms. The Morgan fingerprint density at radius 2 is 2.10 bits per heavy atom. The van der Waals surface area contributed by atoms with Crippen LogP contribution in [0.3, 0.4) is 0 Å². The molecule has 11 nitrogen and oxygen atoms in total. The van der Waals surface area contributed by atoms with Crippen molar-refractivity contribution in [2.75, 3.05) is 32.1 Å². The molecule has 2 aliphatic heterocycles. The van der Waals surface area contributed by atoms with Crippen molar-refractivity contribution >= 4 is 38.5 Å². The molecule has 254 valence electrons. The Kier molecular flexibility index (Phi) is 7.56. The highest BCUT2D eigenvalue weighted by Gasteiger charge is 2.49. The number of terminal acetylenes is 1. The summed E-state index contributed by atoms with van der Waals surface area (Å²) in [5, 5.41) is 15.5. The monoisotopic (exact) mass is 678 g/mol. The molecule has 0 unspecified atom stereocenters. The molecule has 0 saturated carbocycles. The molecule has 3 N–H and O–H groups in total. The van der Waals surface area contributed by atoms with Crippen molar-refractivity contribution in [3.8, 4) is 41.2 Å². The summed E-state index contributed by atoms with van der Waals surface area (Å²) in [5.74, 6) is 2.44. The maximum Gasteiger partial charge on any atom is 0.349 e. The smallest absolute Gasteiger partial charge is 0.349 e. The van der Waals surface area contributed by atoms with Crippen molar-refractivity contribution in [3.05, 3.63) is 75.7 Å². The first-order valence-electron chi connectivity index (χ1n) is 16.2. The van der Waals surface area contributed by atoms with E-state index in [4.69, 9.17) is 25.3 Å². The van der Waals surface area contributed by atoms with Gasteiger partial charge in [-0.05, 0) is 56.0 Å². The first-order chi connectivity index (χ1) is 24.2. The number of benzene rings is 2. The van der Waals surface area contributed by atoms with Gasteiger partial charge in [-0.2, -0.15) is 9.97 Å². The number of hydrogen-bond donors (Lipinski definition) is 3. The summed E-state index contributed by atoms with van der Waals surface area (Å²) in [6.07, 6.45) is 10.3. The highest BCUT2D eigenvalue weighted by molar-refractivity contribution is 6.03. The molecule has 2 aliphatic rings. The second-order valence-electron chi connectivity index (χ2n) is 12.8. The van der Waals surface area contributed by atoms with Gasteiger partial charge < -0.3 is 29.3 Å². The number of aromatic amines is 1. The van der Waals surface area contributed by atoms with Crippen LogP contribution in [0.1, 0.15) is 36.0 Å². The SMILES string of the molecule is C#Cc1c(F)ccc2cc(O)cc(-c3oc(=O)c4c(NCc5c[nH]c6nccc(OC)c56)nc(OC[C@@]56CCCN5C[C@H](F)C6)nc4c3C)c12. The van der Waals surface area contributed by atoms with Crippen LogP contribution in [-0.2, 0) is 6.54 Å². The first-order valence-corrected chi connectivity index (χ1v) is 16.2. The van der Waals surface area contributed by atoms with E-state index in [0.717, 1.165) is 30.3 Å². The van der Waals surface area contributed by atoms with Gasteiger partial charge in [-0.15, -0.1) is 6.42 Å². The Morgan fingerprint density at radius 3 is 2.92 bits per heavy atom. The molecular formula is C37H32F2N6O5. The molecule has 6 aromatic rings. The van der Waals surface area contributed by atoms with Gasteiger partial charge in [0.15, 0.2) is 0 Å². The van der Waals surface area contributed by atoms with Crippen molar-refractivity contribution in [1.29, 1.82) is 0 Å². The lowest BCUT2D eigenvalue weighted by atomic mass is 9.95. The van der Waals surface area contributed by atoms with Gasteiger partial charge in [0.2, 0.25) is 0 Å². The number of phenols is 1. The van der Waals surface area contributed by atoms with E-state index in [9.17, 15) is 18.7 Å². The van der Waals surface area contributed by atoms with E-state index in [1.807, 2.05) is 0 Å². The Bertz CT molecular complexity index is 2440. The summed E-state index contributed by atoms with van der Waals surface area (Å²) < 4.78 is 47.3. The lowest BCUT2D eigenvalue weighted by Gasteiger charge is -2.30. The molecule has 0 spiro atoms. The zero-order chi connectivity index (χ0) is 34.7. The van der Waals surface area contributed by atoms with E-state index in [1.54, 1.807) is 32.5 Å². The molecule has 13 heteroatoms. The lowest BCUT2D eigenvalue weighted by molar-refractivity contribution is 0.107. The molecule has 0 bridgehead atoms. The van der Waals surface area contributed by atoms with Crippen LogP contribution < -0.4 is 20.4 Å². The van der Waals surface area contributed by atoms with Gasteiger partial charge in [0, 0.05) is 54.0 Å². The number of aromatic hydroxyl groups is 1. The fourth-order valence-electron chi connectivity index (χ4n) is 7.65. The number of anilines is 1. The molecule has 8 rings (SSSR count). The quantitative estimate of drug-likeness (QED) is 0.165. The number of ether oxygens (including phenoxy) is 2. The van der Waals surface area contributed by atoms with Crippen molar-refractivity contribution in [2.24, 2.45) is 0 Å². The molecule has 2 atom stereocenters. The average molecular weight is 679 g/mol. The Hall–Kier alpha value is -5.74.